The Kier molecular flexibility index (Phi) is 3.96. The second kappa shape index (κ2) is 5.29. The highest BCUT2D eigenvalue weighted by Crippen LogP contribution is 2.16. The number of aliphatic hydroxyl groups excluding tert-OH is 1. The predicted molar refractivity (Wildman–Crippen MR) is 67.9 cm³/mol. The lowest BCUT2D eigenvalue weighted by Crippen LogP contribution is -2.36. The van der Waals surface area contributed by atoms with Gasteiger partial charge in [-0.15, -0.1) is 0 Å². The van der Waals surface area contributed by atoms with Crippen LogP contribution in [-0.4, -0.2) is 37.4 Å². The van der Waals surface area contributed by atoms with Crippen LogP contribution in [0, 0.1) is 10.7 Å². The summed E-state index contributed by atoms with van der Waals surface area (Å²) >= 11 is 5.30. The Labute approximate surface area is 107 Å². The maximum Gasteiger partial charge on any atom is 0.198 e. The molecule has 1 fully saturated rings. The fourth-order valence-electron chi connectivity index (χ4n) is 2.37. The van der Waals surface area contributed by atoms with Crippen LogP contribution in [0.25, 0.3) is 0 Å². The zero-order valence-electron chi connectivity index (χ0n) is 10.5. The van der Waals surface area contributed by atoms with Crippen molar-refractivity contribution < 1.29 is 5.11 Å². The topological polar surface area (TPSA) is 46.2 Å². The van der Waals surface area contributed by atoms with Crippen molar-refractivity contribution in [3.05, 3.63) is 10.6 Å². The standard InChI is InChI=1S/C11H20N4OS/c1-9-4-3-5-14(6-9)8-15-11(17)13(2)10(7-16)12-15/h9,16H,3-8H2,1-2H3. The Bertz CT molecular complexity index is 439. The lowest BCUT2D eigenvalue weighted by atomic mass is 10.0. The maximum atomic E-state index is 9.15. The van der Waals surface area contributed by atoms with E-state index in [2.05, 4.69) is 16.9 Å². The number of hydrogen-bond donors (Lipinski definition) is 1. The fourth-order valence-corrected chi connectivity index (χ4v) is 2.57. The Hall–Kier alpha value is -0.720. The summed E-state index contributed by atoms with van der Waals surface area (Å²) in [5, 5.41) is 13.5. The third-order valence-corrected chi connectivity index (χ3v) is 3.83. The summed E-state index contributed by atoms with van der Waals surface area (Å²) < 4.78 is 4.24. The minimum absolute atomic E-state index is 0.0659. The van der Waals surface area contributed by atoms with E-state index in [1.54, 1.807) is 9.25 Å². The molecule has 1 N–H and O–H groups in total. The van der Waals surface area contributed by atoms with Crippen LogP contribution in [0.3, 0.4) is 0 Å². The van der Waals surface area contributed by atoms with Crippen molar-refractivity contribution in [1.29, 1.82) is 0 Å². The Balaban J connectivity index is 2.10. The zero-order valence-corrected chi connectivity index (χ0v) is 11.3. The van der Waals surface area contributed by atoms with Crippen LogP contribution in [0.2, 0.25) is 0 Å². The van der Waals surface area contributed by atoms with Crippen LogP contribution >= 0.6 is 12.2 Å². The SMILES string of the molecule is CC1CCCN(Cn2nc(CO)n(C)c2=S)C1. The third-order valence-electron chi connectivity index (χ3n) is 3.35. The third kappa shape index (κ3) is 2.75. The van der Waals surface area contributed by atoms with E-state index in [-0.39, 0.29) is 6.61 Å². The van der Waals surface area contributed by atoms with Gasteiger partial charge in [0.05, 0.1) is 6.67 Å². The monoisotopic (exact) mass is 256 g/mol. The Morgan fingerprint density at radius 2 is 2.29 bits per heavy atom. The van der Waals surface area contributed by atoms with Gasteiger partial charge in [0.15, 0.2) is 10.6 Å². The first-order valence-electron chi connectivity index (χ1n) is 6.07. The van der Waals surface area contributed by atoms with Gasteiger partial charge in [-0.05, 0) is 37.5 Å². The van der Waals surface area contributed by atoms with Crippen molar-refractivity contribution >= 4 is 12.2 Å². The van der Waals surface area contributed by atoms with E-state index < -0.39 is 0 Å². The van der Waals surface area contributed by atoms with Crippen LogP contribution < -0.4 is 0 Å². The molecule has 2 rings (SSSR count). The van der Waals surface area contributed by atoms with Crippen molar-refractivity contribution in [3.8, 4) is 0 Å². The molecule has 5 nitrogen and oxygen atoms in total. The second-order valence-corrected chi connectivity index (χ2v) is 5.25. The Morgan fingerprint density at radius 1 is 1.53 bits per heavy atom. The summed E-state index contributed by atoms with van der Waals surface area (Å²) in [5.74, 6) is 1.37. The summed E-state index contributed by atoms with van der Waals surface area (Å²) in [7, 11) is 1.84. The zero-order chi connectivity index (χ0) is 12.4. The van der Waals surface area contributed by atoms with Crippen LogP contribution in [-0.2, 0) is 20.3 Å². The summed E-state index contributed by atoms with van der Waals surface area (Å²) in [5.41, 5.74) is 0. The minimum atomic E-state index is -0.0659. The van der Waals surface area contributed by atoms with E-state index >= 15 is 0 Å². The molecule has 0 bridgehead atoms. The summed E-state index contributed by atoms with van der Waals surface area (Å²) in [6.45, 7) is 5.16. The highest BCUT2D eigenvalue weighted by molar-refractivity contribution is 7.71. The first-order valence-corrected chi connectivity index (χ1v) is 6.48. The smallest absolute Gasteiger partial charge is 0.198 e. The van der Waals surface area contributed by atoms with Gasteiger partial charge in [0.1, 0.15) is 6.61 Å². The first-order chi connectivity index (χ1) is 8.11. The molecule has 96 valence electrons. The van der Waals surface area contributed by atoms with Crippen molar-refractivity contribution in [2.75, 3.05) is 13.1 Å². The van der Waals surface area contributed by atoms with Crippen LogP contribution in [0.15, 0.2) is 0 Å². The number of piperidine rings is 1. The van der Waals surface area contributed by atoms with Crippen molar-refractivity contribution in [2.24, 2.45) is 13.0 Å². The van der Waals surface area contributed by atoms with Crippen molar-refractivity contribution in [3.63, 3.8) is 0 Å². The molecule has 1 aromatic rings. The van der Waals surface area contributed by atoms with E-state index in [4.69, 9.17) is 17.3 Å². The molecule has 0 spiro atoms. The molecular weight excluding hydrogens is 236 g/mol. The molecule has 1 atom stereocenters. The molecule has 0 aromatic carbocycles. The lowest BCUT2D eigenvalue weighted by molar-refractivity contribution is 0.137. The van der Waals surface area contributed by atoms with Gasteiger partial charge in [-0.2, -0.15) is 5.10 Å². The molecule has 0 radical (unpaired) electrons. The molecule has 0 aliphatic carbocycles. The second-order valence-electron chi connectivity index (χ2n) is 4.88. The van der Waals surface area contributed by atoms with Crippen LogP contribution in [0.4, 0.5) is 0 Å². The van der Waals surface area contributed by atoms with E-state index in [0.29, 0.717) is 10.6 Å². The van der Waals surface area contributed by atoms with E-state index in [1.807, 2.05) is 7.05 Å². The van der Waals surface area contributed by atoms with E-state index in [1.165, 1.54) is 12.8 Å². The van der Waals surface area contributed by atoms with Gasteiger partial charge in [0.2, 0.25) is 0 Å². The molecule has 1 unspecified atom stereocenters. The molecule has 17 heavy (non-hydrogen) atoms. The van der Waals surface area contributed by atoms with Gasteiger partial charge in [0, 0.05) is 13.6 Å². The minimum Gasteiger partial charge on any atom is -0.388 e. The van der Waals surface area contributed by atoms with E-state index in [0.717, 1.165) is 25.7 Å². The average molecular weight is 256 g/mol. The normalized spacial score (nSPS) is 21.9. The summed E-state index contributed by atoms with van der Waals surface area (Å²) in [6, 6.07) is 0. The average Bonchev–Trinajstić information content (AvgIpc) is 2.57. The molecule has 1 aromatic heterocycles. The number of hydrogen-bond acceptors (Lipinski definition) is 4. The molecular formula is C11H20N4OS. The van der Waals surface area contributed by atoms with Gasteiger partial charge in [0.25, 0.3) is 0 Å². The summed E-state index contributed by atoms with van der Waals surface area (Å²) in [6.07, 6.45) is 2.56. The van der Waals surface area contributed by atoms with Gasteiger partial charge in [-0.3, -0.25) is 4.90 Å². The quantitative estimate of drug-likeness (QED) is 0.824. The molecule has 1 aliphatic rings. The Morgan fingerprint density at radius 3 is 2.88 bits per heavy atom. The van der Waals surface area contributed by atoms with Crippen LogP contribution in [0.1, 0.15) is 25.6 Å². The highest BCUT2D eigenvalue weighted by atomic mass is 32.1. The molecule has 0 saturated carbocycles. The lowest BCUT2D eigenvalue weighted by Gasteiger charge is -2.30. The van der Waals surface area contributed by atoms with Gasteiger partial charge in [-0.1, -0.05) is 6.92 Å². The molecule has 1 saturated heterocycles. The first kappa shape index (κ1) is 12.7. The maximum absolute atomic E-state index is 9.15. The number of likely N-dealkylation sites (tertiary alicyclic amines) is 1. The van der Waals surface area contributed by atoms with Crippen molar-refractivity contribution in [1.82, 2.24) is 19.2 Å². The largest absolute Gasteiger partial charge is 0.388 e. The summed E-state index contributed by atoms with van der Waals surface area (Å²) in [4.78, 5) is 2.37. The van der Waals surface area contributed by atoms with Crippen molar-refractivity contribution in [2.45, 2.75) is 33.0 Å². The molecule has 0 amide bonds. The number of rotatable bonds is 3. The van der Waals surface area contributed by atoms with E-state index in [9.17, 15) is 0 Å². The number of aromatic nitrogens is 3. The number of nitrogens with zero attached hydrogens (tertiary/aromatic N) is 4. The molecule has 2 heterocycles. The van der Waals surface area contributed by atoms with Gasteiger partial charge < -0.3 is 9.67 Å². The highest BCUT2D eigenvalue weighted by Gasteiger charge is 2.17. The molecule has 6 heteroatoms. The molecule has 1 aliphatic heterocycles. The predicted octanol–water partition coefficient (Wildman–Crippen LogP) is 1.13. The van der Waals surface area contributed by atoms with Gasteiger partial charge in [-0.25, -0.2) is 4.68 Å². The van der Waals surface area contributed by atoms with Gasteiger partial charge >= 0.3 is 0 Å². The van der Waals surface area contributed by atoms with Crippen LogP contribution in [0.5, 0.6) is 0 Å². The number of aliphatic hydroxyl groups is 1. The fraction of sp³-hybridized carbons (Fsp3) is 0.818.